The van der Waals surface area contributed by atoms with Crippen LogP contribution in [0.5, 0.6) is 0 Å². The van der Waals surface area contributed by atoms with E-state index in [1.807, 2.05) is 6.07 Å². The van der Waals surface area contributed by atoms with E-state index in [0.29, 0.717) is 6.42 Å². The molecule has 13 heavy (non-hydrogen) atoms. The van der Waals surface area contributed by atoms with E-state index in [-0.39, 0.29) is 5.91 Å². The van der Waals surface area contributed by atoms with Gasteiger partial charge in [-0.1, -0.05) is 12.8 Å². The van der Waals surface area contributed by atoms with E-state index >= 15 is 0 Å². The highest BCUT2D eigenvalue weighted by Gasteiger charge is 2.22. The first-order chi connectivity index (χ1) is 5.96. The maximum absolute atomic E-state index is 11.4. The lowest BCUT2D eigenvalue weighted by atomic mass is 10.0. The van der Waals surface area contributed by atoms with E-state index in [0.717, 1.165) is 0 Å². The Morgan fingerprint density at radius 3 is 2.54 bits per heavy atom. The first kappa shape index (κ1) is 11.5. The molecule has 70 valence electrons. The van der Waals surface area contributed by atoms with Gasteiger partial charge in [-0.3, -0.25) is 4.79 Å². The molecule has 3 nitrogen and oxygen atoms in total. The smallest absolute Gasteiger partial charge is 0.238 e. The van der Waals surface area contributed by atoms with E-state index in [1.165, 1.54) is 0 Å². The summed E-state index contributed by atoms with van der Waals surface area (Å²) in [5.74, 6) is 1.53. The van der Waals surface area contributed by atoms with E-state index in [9.17, 15) is 4.79 Å². The summed E-state index contributed by atoms with van der Waals surface area (Å²) in [7, 11) is 0. The minimum Gasteiger partial charge on any atom is -0.339 e. The molecule has 0 aliphatic carbocycles. The van der Waals surface area contributed by atoms with Crippen molar-refractivity contribution >= 4 is 5.91 Å². The number of terminal acetylenes is 1. The Bertz CT molecular complexity index is 268. The SMILES string of the molecule is C#CC(C)(C)NC(=O)C(C#N)CC. The van der Waals surface area contributed by atoms with Crippen LogP contribution in [0.3, 0.4) is 0 Å². The average Bonchev–Trinajstić information content (AvgIpc) is 2.06. The first-order valence-corrected chi connectivity index (χ1v) is 4.16. The van der Waals surface area contributed by atoms with Crippen LogP contribution < -0.4 is 5.32 Å². The quantitative estimate of drug-likeness (QED) is 0.657. The fourth-order valence-electron chi connectivity index (χ4n) is 0.767. The number of nitriles is 1. The molecule has 0 rings (SSSR count). The molecule has 0 saturated heterocycles. The highest BCUT2D eigenvalue weighted by molar-refractivity contribution is 5.82. The predicted molar refractivity (Wildman–Crippen MR) is 50.4 cm³/mol. The number of rotatable bonds is 3. The number of nitrogens with zero attached hydrogens (tertiary/aromatic N) is 1. The van der Waals surface area contributed by atoms with Crippen molar-refractivity contribution in [3.05, 3.63) is 0 Å². The van der Waals surface area contributed by atoms with Crippen LogP contribution in [0.15, 0.2) is 0 Å². The van der Waals surface area contributed by atoms with E-state index in [4.69, 9.17) is 11.7 Å². The maximum atomic E-state index is 11.4. The molecule has 1 atom stereocenters. The first-order valence-electron chi connectivity index (χ1n) is 4.16. The minimum atomic E-state index is -0.679. The van der Waals surface area contributed by atoms with Gasteiger partial charge in [-0.05, 0) is 20.3 Å². The number of hydrogen-bond donors (Lipinski definition) is 1. The second-order valence-electron chi connectivity index (χ2n) is 3.35. The molecule has 1 unspecified atom stereocenters. The second-order valence-corrected chi connectivity index (χ2v) is 3.35. The summed E-state index contributed by atoms with van der Waals surface area (Å²) in [4.78, 5) is 11.4. The van der Waals surface area contributed by atoms with Crippen LogP contribution in [0.25, 0.3) is 0 Å². The number of carbonyl (C=O) groups excluding carboxylic acids is 1. The van der Waals surface area contributed by atoms with Gasteiger partial charge in [-0.2, -0.15) is 5.26 Å². The molecule has 3 heteroatoms. The molecule has 1 amide bonds. The van der Waals surface area contributed by atoms with Crippen molar-refractivity contribution in [3.63, 3.8) is 0 Å². The summed E-state index contributed by atoms with van der Waals surface area (Å²) < 4.78 is 0. The van der Waals surface area contributed by atoms with Crippen LogP contribution >= 0.6 is 0 Å². The summed E-state index contributed by atoms with van der Waals surface area (Å²) >= 11 is 0. The fraction of sp³-hybridized carbons (Fsp3) is 0.600. The molecule has 0 aromatic rings. The Morgan fingerprint density at radius 1 is 1.69 bits per heavy atom. The summed E-state index contributed by atoms with van der Waals surface area (Å²) in [6, 6.07) is 1.92. The van der Waals surface area contributed by atoms with Gasteiger partial charge in [0.1, 0.15) is 5.92 Å². The molecule has 0 aliphatic heterocycles. The molecular formula is C10H14N2O. The highest BCUT2D eigenvalue weighted by atomic mass is 16.2. The summed E-state index contributed by atoms with van der Waals surface area (Å²) in [6.07, 6.45) is 5.69. The van der Waals surface area contributed by atoms with E-state index in [2.05, 4.69) is 11.2 Å². The third-order valence-corrected chi connectivity index (χ3v) is 1.68. The monoisotopic (exact) mass is 178 g/mol. The number of amides is 1. The zero-order valence-corrected chi connectivity index (χ0v) is 8.22. The zero-order valence-electron chi connectivity index (χ0n) is 8.22. The third-order valence-electron chi connectivity index (χ3n) is 1.68. The van der Waals surface area contributed by atoms with Crippen LogP contribution in [-0.2, 0) is 4.79 Å². The standard InChI is InChI=1S/C10H14N2O/c1-5-8(7-11)9(13)12-10(3,4)6-2/h2,8H,5H2,1,3-4H3,(H,12,13). The molecule has 0 radical (unpaired) electrons. The Hall–Kier alpha value is -1.48. The average molecular weight is 178 g/mol. The van der Waals surface area contributed by atoms with E-state index < -0.39 is 11.5 Å². The van der Waals surface area contributed by atoms with Gasteiger partial charge in [-0.25, -0.2) is 0 Å². The maximum Gasteiger partial charge on any atom is 0.238 e. The van der Waals surface area contributed by atoms with Gasteiger partial charge in [0.25, 0.3) is 0 Å². The normalized spacial score (nSPS) is 12.4. The summed E-state index contributed by atoms with van der Waals surface area (Å²) in [6.45, 7) is 5.22. The van der Waals surface area contributed by atoms with Gasteiger partial charge in [0.2, 0.25) is 5.91 Å². The van der Waals surface area contributed by atoms with Crippen molar-refractivity contribution in [1.29, 1.82) is 5.26 Å². The fourth-order valence-corrected chi connectivity index (χ4v) is 0.767. The predicted octanol–water partition coefficient (Wildman–Crippen LogP) is 1.06. The van der Waals surface area contributed by atoms with Crippen LogP contribution in [-0.4, -0.2) is 11.4 Å². The summed E-state index contributed by atoms with van der Waals surface area (Å²) in [5, 5.41) is 11.2. The number of hydrogen-bond acceptors (Lipinski definition) is 2. The van der Waals surface area contributed by atoms with Gasteiger partial charge >= 0.3 is 0 Å². The minimum absolute atomic E-state index is 0.298. The van der Waals surface area contributed by atoms with Gasteiger partial charge in [0.15, 0.2) is 0 Å². The van der Waals surface area contributed by atoms with Crippen LogP contribution in [0.4, 0.5) is 0 Å². The van der Waals surface area contributed by atoms with Gasteiger partial charge in [0, 0.05) is 0 Å². The Labute approximate surface area is 79.1 Å². The molecule has 0 spiro atoms. The van der Waals surface area contributed by atoms with Crippen molar-refractivity contribution in [2.45, 2.75) is 32.7 Å². The van der Waals surface area contributed by atoms with E-state index in [1.54, 1.807) is 20.8 Å². The third kappa shape index (κ3) is 3.62. The Morgan fingerprint density at radius 2 is 2.23 bits per heavy atom. The van der Waals surface area contributed by atoms with Gasteiger partial charge in [-0.15, -0.1) is 6.42 Å². The Kier molecular flexibility index (Phi) is 4.01. The lowest BCUT2D eigenvalue weighted by Crippen LogP contribution is -2.44. The molecular weight excluding hydrogens is 164 g/mol. The van der Waals surface area contributed by atoms with Crippen molar-refractivity contribution in [1.82, 2.24) is 5.32 Å². The number of nitrogens with one attached hydrogen (secondary N) is 1. The molecule has 0 bridgehead atoms. The van der Waals surface area contributed by atoms with Crippen molar-refractivity contribution < 1.29 is 4.79 Å². The molecule has 0 aromatic heterocycles. The topological polar surface area (TPSA) is 52.9 Å². The van der Waals surface area contributed by atoms with Crippen LogP contribution in [0.1, 0.15) is 27.2 Å². The Balaban J connectivity index is 4.34. The largest absolute Gasteiger partial charge is 0.339 e. The van der Waals surface area contributed by atoms with Gasteiger partial charge in [0.05, 0.1) is 11.6 Å². The van der Waals surface area contributed by atoms with Crippen molar-refractivity contribution in [2.24, 2.45) is 5.92 Å². The lowest BCUT2D eigenvalue weighted by molar-refractivity contribution is -0.124. The molecule has 0 heterocycles. The van der Waals surface area contributed by atoms with Crippen LogP contribution in [0, 0.1) is 29.6 Å². The molecule has 0 fully saturated rings. The second kappa shape index (κ2) is 4.52. The van der Waals surface area contributed by atoms with Crippen molar-refractivity contribution in [2.75, 3.05) is 0 Å². The van der Waals surface area contributed by atoms with Crippen LogP contribution in [0.2, 0.25) is 0 Å². The van der Waals surface area contributed by atoms with Crippen molar-refractivity contribution in [3.8, 4) is 18.4 Å². The lowest BCUT2D eigenvalue weighted by Gasteiger charge is -2.20. The summed E-state index contributed by atoms with van der Waals surface area (Å²) in [5.41, 5.74) is -0.679. The molecule has 0 aromatic carbocycles. The molecule has 0 saturated carbocycles. The van der Waals surface area contributed by atoms with Gasteiger partial charge < -0.3 is 5.32 Å². The number of carbonyl (C=O) groups is 1. The molecule has 0 aliphatic rings. The zero-order chi connectivity index (χ0) is 10.5. The highest BCUT2D eigenvalue weighted by Crippen LogP contribution is 2.05. The molecule has 1 N–H and O–H groups in total.